The van der Waals surface area contributed by atoms with Gasteiger partial charge in [0, 0.05) is 53.1 Å². The van der Waals surface area contributed by atoms with Gasteiger partial charge in [-0.2, -0.15) is 0 Å². The number of aromatic nitrogens is 2. The third kappa shape index (κ3) is 4.14. The van der Waals surface area contributed by atoms with Crippen LogP contribution >= 0.6 is 11.3 Å². The normalized spacial score (nSPS) is 12.2. The molecule has 0 fully saturated rings. The molecule has 9 aromatic carbocycles. The van der Waals surface area contributed by atoms with E-state index in [1.165, 1.54) is 108 Å². The van der Waals surface area contributed by atoms with Gasteiger partial charge in [0.25, 0.3) is 0 Å². The molecule has 53 heavy (non-hydrogen) atoms. The number of thiophene rings is 1. The Balaban J connectivity index is 1.23. The zero-order chi connectivity index (χ0) is 34.6. The topological polar surface area (TPSA) is 9.86 Å². The van der Waals surface area contributed by atoms with Crippen LogP contribution in [0.5, 0.6) is 0 Å². The van der Waals surface area contributed by atoms with Crippen molar-refractivity contribution in [2.75, 3.05) is 0 Å². The summed E-state index contributed by atoms with van der Waals surface area (Å²) in [5, 5.41) is 12.8. The zero-order valence-corrected chi connectivity index (χ0v) is 29.4. The maximum Gasteiger partial charge on any atom is 0.0547 e. The zero-order valence-electron chi connectivity index (χ0n) is 28.6. The van der Waals surface area contributed by atoms with Crippen molar-refractivity contribution >= 4 is 96.7 Å². The van der Waals surface area contributed by atoms with Crippen LogP contribution in [0.3, 0.4) is 0 Å². The Morgan fingerprint density at radius 1 is 0.302 bits per heavy atom. The van der Waals surface area contributed by atoms with Gasteiger partial charge >= 0.3 is 0 Å². The predicted molar refractivity (Wildman–Crippen MR) is 228 cm³/mol. The second-order valence-electron chi connectivity index (χ2n) is 14.1. The van der Waals surface area contributed by atoms with Gasteiger partial charge in [-0.3, -0.25) is 0 Å². The van der Waals surface area contributed by atoms with Gasteiger partial charge in [-0.25, -0.2) is 0 Å². The lowest BCUT2D eigenvalue weighted by molar-refractivity contribution is 1.18. The van der Waals surface area contributed by atoms with Gasteiger partial charge in [0.2, 0.25) is 0 Å². The lowest BCUT2D eigenvalue weighted by Crippen LogP contribution is -1.94. The van der Waals surface area contributed by atoms with Crippen molar-refractivity contribution in [1.29, 1.82) is 0 Å². The van der Waals surface area contributed by atoms with Crippen molar-refractivity contribution in [3.8, 4) is 22.5 Å². The third-order valence-electron chi connectivity index (χ3n) is 11.3. The largest absolute Gasteiger partial charge is 0.309 e. The minimum absolute atomic E-state index is 1.17. The van der Waals surface area contributed by atoms with Crippen LogP contribution in [0.1, 0.15) is 0 Å². The van der Waals surface area contributed by atoms with Gasteiger partial charge < -0.3 is 9.13 Å². The fourth-order valence-corrected chi connectivity index (χ4v) is 10.1. The molecule has 0 aliphatic heterocycles. The maximum absolute atomic E-state index is 2.47. The van der Waals surface area contributed by atoms with Crippen molar-refractivity contribution in [2.45, 2.75) is 0 Å². The Kier molecular flexibility index (Phi) is 5.96. The van der Waals surface area contributed by atoms with Gasteiger partial charge in [-0.05, 0) is 118 Å². The van der Waals surface area contributed by atoms with E-state index in [9.17, 15) is 0 Å². The molecule has 0 aliphatic carbocycles. The summed E-state index contributed by atoms with van der Waals surface area (Å²) in [5.41, 5.74) is 9.68. The van der Waals surface area contributed by atoms with Crippen LogP contribution in [0.2, 0.25) is 0 Å². The van der Waals surface area contributed by atoms with Crippen molar-refractivity contribution in [3.63, 3.8) is 0 Å². The second kappa shape index (κ2) is 10.9. The summed E-state index contributed by atoms with van der Waals surface area (Å²) in [4.78, 5) is 0. The number of nitrogens with zero attached hydrogens (tertiary/aromatic N) is 2. The molecule has 0 bridgehead atoms. The van der Waals surface area contributed by atoms with E-state index in [1.807, 2.05) is 11.3 Å². The summed E-state index contributed by atoms with van der Waals surface area (Å²) in [6, 6.07) is 67.3. The van der Waals surface area contributed by atoms with Crippen LogP contribution in [0.4, 0.5) is 0 Å². The molecule has 2 nitrogen and oxygen atoms in total. The minimum Gasteiger partial charge on any atom is -0.309 e. The number of hydrogen-bond acceptors (Lipinski definition) is 1. The lowest BCUT2D eigenvalue weighted by atomic mass is 9.91. The van der Waals surface area contributed by atoms with E-state index >= 15 is 0 Å². The summed E-state index contributed by atoms with van der Waals surface area (Å²) in [7, 11) is 0. The van der Waals surface area contributed by atoms with E-state index in [0.29, 0.717) is 0 Å². The fourth-order valence-electron chi connectivity index (χ4n) is 8.92. The van der Waals surface area contributed by atoms with E-state index in [1.54, 1.807) is 0 Å². The third-order valence-corrected chi connectivity index (χ3v) is 12.4. The van der Waals surface area contributed by atoms with E-state index in [-0.39, 0.29) is 0 Å². The molecule has 3 heteroatoms. The Hall–Kier alpha value is -6.68. The summed E-state index contributed by atoms with van der Waals surface area (Å²) < 4.78 is 7.49. The van der Waals surface area contributed by atoms with Crippen LogP contribution in [0.15, 0.2) is 182 Å². The maximum atomic E-state index is 2.47. The van der Waals surface area contributed by atoms with Crippen LogP contribution in [-0.4, -0.2) is 9.13 Å². The molecule has 0 amide bonds. The highest BCUT2D eigenvalue weighted by molar-refractivity contribution is 7.25. The number of hydrogen-bond donors (Lipinski definition) is 0. The molecule has 0 unspecified atom stereocenters. The molecule has 0 radical (unpaired) electrons. The van der Waals surface area contributed by atoms with Crippen molar-refractivity contribution < 1.29 is 0 Å². The lowest BCUT2D eigenvalue weighted by Gasteiger charge is -2.14. The highest BCUT2D eigenvalue weighted by atomic mass is 32.1. The molecule has 246 valence electrons. The molecule has 12 aromatic rings. The monoisotopic (exact) mass is 690 g/mol. The number of fused-ring (bicyclic) bond motifs is 12. The number of rotatable bonds is 3. The van der Waals surface area contributed by atoms with Crippen LogP contribution in [-0.2, 0) is 0 Å². The Morgan fingerprint density at radius 2 is 0.868 bits per heavy atom. The number of para-hydroxylation sites is 4. The smallest absolute Gasteiger partial charge is 0.0547 e. The number of benzene rings is 9. The summed E-state index contributed by atoms with van der Waals surface area (Å²) >= 11 is 1.89. The molecule has 3 heterocycles. The molecular weight excluding hydrogens is 661 g/mol. The Morgan fingerprint density at radius 3 is 1.58 bits per heavy atom. The molecule has 0 N–H and O–H groups in total. The Labute approximate surface area is 309 Å². The van der Waals surface area contributed by atoms with Gasteiger partial charge in [0.1, 0.15) is 0 Å². The van der Waals surface area contributed by atoms with Gasteiger partial charge in [-0.15, -0.1) is 11.3 Å². The quantitative estimate of drug-likeness (QED) is 0.163. The van der Waals surface area contributed by atoms with Gasteiger partial charge in [0.15, 0.2) is 0 Å². The molecule has 0 aliphatic rings. The molecular formula is C50H30N2S. The highest BCUT2D eigenvalue weighted by Gasteiger charge is 2.19. The average molecular weight is 691 g/mol. The first-order chi connectivity index (χ1) is 26.3. The van der Waals surface area contributed by atoms with Crippen molar-refractivity contribution in [1.82, 2.24) is 9.13 Å². The van der Waals surface area contributed by atoms with E-state index < -0.39 is 0 Å². The van der Waals surface area contributed by atoms with E-state index in [4.69, 9.17) is 0 Å². The first-order valence-electron chi connectivity index (χ1n) is 18.2. The predicted octanol–water partition coefficient (Wildman–Crippen LogP) is 14.2. The van der Waals surface area contributed by atoms with E-state index in [2.05, 4.69) is 191 Å². The SMILES string of the molecule is c1ccc(-n2c3ccccc3c3cc(-c4cc5cc6sc7ccccc7c6cc5c5cc6c7ccccc7n(-c7ccccc7)c6cc45)ccc32)cc1. The first-order valence-corrected chi connectivity index (χ1v) is 19.0. The summed E-state index contributed by atoms with van der Waals surface area (Å²) in [6.07, 6.45) is 0. The van der Waals surface area contributed by atoms with Crippen LogP contribution < -0.4 is 0 Å². The fraction of sp³-hybridized carbons (Fsp3) is 0. The molecule has 12 rings (SSSR count). The minimum atomic E-state index is 1.17. The molecule has 0 spiro atoms. The molecule has 0 saturated carbocycles. The molecule has 0 saturated heterocycles. The Bertz CT molecular complexity index is 3440. The molecule has 3 aromatic heterocycles. The van der Waals surface area contributed by atoms with Crippen molar-refractivity contribution in [2.24, 2.45) is 0 Å². The first kappa shape index (κ1) is 29.0. The standard InChI is InChI=1S/C50H30N2S/c1-3-13-33(14-4-1)51-45-20-10-7-17-35(45)42-25-31(23-24-47(42)51)38-26-32-27-50-44(37-19-9-12-22-49(37)53-50)28-39(32)40-29-43-36-18-8-11-21-46(36)52(48(43)30-41(38)40)34-15-5-2-6-16-34/h1-30H. The second-order valence-corrected chi connectivity index (χ2v) is 15.2. The van der Waals surface area contributed by atoms with E-state index in [0.717, 1.165) is 0 Å². The summed E-state index contributed by atoms with van der Waals surface area (Å²) in [6.45, 7) is 0. The van der Waals surface area contributed by atoms with Crippen LogP contribution in [0.25, 0.3) is 108 Å². The van der Waals surface area contributed by atoms with Gasteiger partial charge in [0.05, 0.1) is 22.1 Å². The van der Waals surface area contributed by atoms with Gasteiger partial charge in [-0.1, -0.05) is 97.1 Å². The van der Waals surface area contributed by atoms with Crippen molar-refractivity contribution in [3.05, 3.63) is 182 Å². The average Bonchev–Trinajstić information content (AvgIpc) is 3.86. The highest BCUT2D eigenvalue weighted by Crippen LogP contribution is 2.45. The summed E-state index contributed by atoms with van der Waals surface area (Å²) in [5.74, 6) is 0. The van der Waals surface area contributed by atoms with Crippen LogP contribution in [0, 0.1) is 0 Å². The molecule has 0 atom stereocenters.